The van der Waals surface area contributed by atoms with Gasteiger partial charge in [0.25, 0.3) is 0 Å². The molecule has 2 atom stereocenters. The third kappa shape index (κ3) is 2.98. The van der Waals surface area contributed by atoms with Gasteiger partial charge in [-0.05, 0) is 19.3 Å². The summed E-state index contributed by atoms with van der Waals surface area (Å²) in [5.41, 5.74) is 0. The van der Waals surface area contributed by atoms with Crippen molar-refractivity contribution in [2.24, 2.45) is 5.92 Å². The first kappa shape index (κ1) is 9.79. The summed E-state index contributed by atoms with van der Waals surface area (Å²) in [7, 11) is 0. The van der Waals surface area contributed by atoms with E-state index in [1.54, 1.807) is 0 Å². The lowest BCUT2D eigenvalue weighted by Gasteiger charge is -2.07. The third-order valence-corrected chi connectivity index (χ3v) is 2.64. The second-order valence-electron chi connectivity index (χ2n) is 3.73. The van der Waals surface area contributed by atoms with Crippen molar-refractivity contribution in [1.29, 1.82) is 0 Å². The van der Waals surface area contributed by atoms with Gasteiger partial charge in [-0.25, -0.2) is 0 Å². The van der Waals surface area contributed by atoms with Crippen LogP contribution in [-0.4, -0.2) is 11.2 Å². The van der Waals surface area contributed by atoms with Gasteiger partial charge in [0.1, 0.15) is 0 Å². The molecule has 0 aromatic carbocycles. The molecule has 1 fully saturated rings. The molecular weight excluding hydrogens is 148 g/mol. The Kier molecular flexibility index (Phi) is 4.37. The van der Waals surface area contributed by atoms with Gasteiger partial charge in [0, 0.05) is 5.92 Å². The van der Waals surface area contributed by atoms with Crippen LogP contribution in [0.4, 0.5) is 0 Å². The normalized spacial score (nSPS) is 30.2. The molecule has 0 radical (unpaired) electrons. The van der Waals surface area contributed by atoms with Crippen LogP contribution in [0.15, 0.2) is 12.2 Å². The van der Waals surface area contributed by atoms with Crippen LogP contribution in [0.2, 0.25) is 0 Å². The van der Waals surface area contributed by atoms with Crippen LogP contribution in [0, 0.1) is 5.92 Å². The zero-order chi connectivity index (χ0) is 8.81. The van der Waals surface area contributed by atoms with Crippen LogP contribution >= 0.6 is 0 Å². The quantitative estimate of drug-likeness (QED) is 0.505. The molecule has 0 bridgehead atoms. The van der Waals surface area contributed by atoms with E-state index in [4.69, 9.17) is 0 Å². The molecule has 0 aromatic rings. The highest BCUT2D eigenvalue weighted by atomic mass is 16.3. The number of aliphatic hydroxyl groups excluding tert-OH is 1. The number of allylic oxidation sites excluding steroid dienone is 1. The van der Waals surface area contributed by atoms with Crippen LogP contribution in [0.1, 0.15) is 45.4 Å². The monoisotopic (exact) mass is 168 g/mol. The van der Waals surface area contributed by atoms with Crippen molar-refractivity contribution in [2.45, 2.75) is 51.6 Å². The van der Waals surface area contributed by atoms with E-state index in [9.17, 15) is 5.11 Å². The SMILES string of the molecule is CCCC/C=C\[C@H]1CCC[C@H]1O. The fraction of sp³-hybridized carbons (Fsp3) is 0.818. The highest BCUT2D eigenvalue weighted by molar-refractivity contribution is 4.94. The molecule has 0 spiro atoms. The zero-order valence-corrected chi connectivity index (χ0v) is 8.00. The minimum absolute atomic E-state index is 0.0529. The van der Waals surface area contributed by atoms with E-state index in [1.807, 2.05) is 0 Å². The molecule has 1 heteroatoms. The third-order valence-electron chi connectivity index (χ3n) is 2.64. The van der Waals surface area contributed by atoms with Crippen LogP contribution in [0.25, 0.3) is 0 Å². The summed E-state index contributed by atoms with van der Waals surface area (Å²) in [4.78, 5) is 0. The maximum atomic E-state index is 9.49. The maximum Gasteiger partial charge on any atom is 0.0602 e. The molecule has 0 saturated heterocycles. The highest BCUT2D eigenvalue weighted by Crippen LogP contribution is 2.26. The molecule has 1 nitrogen and oxygen atoms in total. The smallest absolute Gasteiger partial charge is 0.0602 e. The molecule has 1 aliphatic rings. The molecule has 0 unspecified atom stereocenters. The van der Waals surface area contributed by atoms with Gasteiger partial charge < -0.3 is 5.11 Å². The summed E-state index contributed by atoms with van der Waals surface area (Å²) < 4.78 is 0. The minimum Gasteiger partial charge on any atom is -0.393 e. The Morgan fingerprint density at radius 2 is 2.25 bits per heavy atom. The van der Waals surface area contributed by atoms with Gasteiger partial charge in [-0.1, -0.05) is 38.3 Å². The molecule has 1 N–H and O–H groups in total. The lowest BCUT2D eigenvalue weighted by molar-refractivity contribution is 0.153. The predicted molar refractivity (Wildman–Crippen MR) is 52.0 cm³/mol. The molecule has 1 saturated carbocycles. The summed E-state index contributed by atoms with van der Waals surface area (Å²) in [6.45, 7) is 2.21. The molecule has 0 aromatic heterocycles. The number of rotatable bonds is 4. The Labute approximate surface area is 75.5 Å². The van der Waals surface area contributed by atoms with Crippen molar-refractivity contribution in [3.05, 3.63) is 12.2 Å². The van der Waals surface area contributed by atoms with Crippen molar-refractivity contribution >= 4 is 0 Å². The molecule has 0 aliphatic heterocycles. The van der Waals surface area contributed by atoms with Gasteiger partial charge in [-0.3, -0.25) is 0 Å². The van der Waals surface area contributed by atoms with Crippen molar-refractivity contribution < 1.29 is 5.11 Å². The Morgan fingerprint density at radius 1 is 1.42 bits per heavy atom. The van der Waals surface area contributed by atoms with Crippen LogP contribution in [0.5, 0.6) is 0 Å². The van der Waals surface area contributed by atoms with Gasteiger partial charge in [-0.15, -0.1) is 0 Å². The van der Waals surface area contributed by atoms with E-state index in [0.717, 1.165) is 6.42 Å². The molecular formula is C11H20O. The number of aliphatic hydroxyl groups is 1. The second-order valence-corrected chi connectivity index (χ2v) is 3.73. The molecule has 1 aliphatic carbocycles. The average Bonchev–Trinajstić information content (AvgIpc) is 2.46. The van der Waals surface area contributed by atoms with Crippen molar-refractivity contribution in [2.75, 3.05) is 0 Å². The van der Waals surface area contributed by atoms with Crippen LogP contribution in [0.3, 0.4) is 0 Å². The summed E-state index contributed by atoms with van der Waals surface area (Å²) in [6, 6.07) is 0. The summed E-state index contributed by atoms with van der Waals surface area (Å²) in [6.07, 6.45) is 11.5. The van der Waals surface area contributed by atoms with E-state index < -0.39 is 0 Å². The standard InChI is InChI=1S/C11H20O/c1-2-3-4-5-7-10-8-6-9-11(10)12/h5,7,10-12H,2-4,6,8-9H2,1H3/b7-5-/t10-,11+/m0/s1. The number of unbranched alkanes of at least 4 members (excludes halogenated alkanes) is 2. The van der Waals surface area contributed by atoms with Gasteiger partial charge in [0.05, 0.1) is 6.10 Å². The van der Waals surface area contributed by atoms with E-state index in [0.29, 0.717) is 5.92 Å². The lowest BCUT2D eigenvalue weighted by Crippen LogP contribution is -2.09. The average molecular weight is 168 g/mol. The predicted octanol–water partition coefficient (Wildman–Crippen LogP) is 2.89. The molecule has 0 heterocycles. The number of hydrogen-bond donors (Lipinski definition) is 1. The summed E-state index contributed by atoms with van der Waals surface area (Å²) in [5.74, 6) is 0.460. The van der Waals surface area contributed by atoms with Crippen molar-refractivity contribution in [3.63, 3.8) is 0 Å². The van der Waals surface area contributed by atoms with E-state index in [2.05, 4.69) is 19.1 Å². The molecule has 12 heavy (non-hydrogen) atoms. The first-order chi connectivity index (χ1) is 5.84. The zero-order valence-electron chi connectivity index (χ0n) is 8.00. The topological polar surface area (TPSA) is 20.2 Å². The van der Waals surface area contributed by atoms with Gasteiger partial charge in [0.2, 0.25) is 0 Å². The lowest BCUT2D eigenvalue weighted by atomic mass is 10.0. The largest absolute Gasteiger partial charge is 0.393 e. The van der Waals surface area contributed by atoms with Crippen molar-refractivity contribution in [1.82, 2.24) is 0 Å². The number of hydrogen-bond acceptors (Lipinski definition) is 1. The minimum atomic E-state index is -0.0529. The van der Waals surface area contributed by atoms with Gasteiger partial charge in [0.15, 0.2) is 0 Å². The molecule has 1 rings (SSSR count). The van der Waals surface area contributed by atoms with Gasteiger partial charge >= 0.3 is 0 Å². The first-order valence-corrected chi connectivity index (χ1v) is 5.19. The Bertz CT molecular complexity index is 140. The molecule has 70 valence electrons. The van der Waals surface area contributed by atoms with Crippen molar-refractivity contribution in [3.8, 4) is 0 Å². The molecule has 0 amide bonds. The van der Waals surface area contributed by atoms with E-state index in [-0.39, 0.29) is 6.10 Å². The van der Waals surface area contributed by atoms with E-state index >= 15 is 0 Å². The van der Waals surface area contributed by atoms with Crippen LogP contribution < -0.4 is 0 Å². The summed E-state index contributed by atoms with van der Waals surface area (Å²) >= 11 is 0. The van der Waals surface area contributed by atoms with Gasteiger partial charge in [-0.2, -0.15) is 0 Å². The maximum absolute atomic E-state index is 9.49. The summed E-state index contributed by atoms with van der Waals surface area (Å²) in [5, 5.41) is 9.49. The van der Waals surface area contributed by atoms with E-state index in [1.165, 1.54) is 32.1 Å². The fourth-order valence-electron chi connectivity index (χ4n) is 1.79. The Hall–Kier alpha value is -0.300. The first-order valence-electron chi connectivity index (χ1n) is 5.19. The Balaban J connectivity index is 2.16. The Morgan fingerprint density at radius 3 is 2.83 bits per heavy atom. The highest BCUT2D eigenvalue weighted by Gasteiger charge is 2.21. The van der Waals surface area contributed by atoms with Crippen LogP contribution in [-0.2, 0) is 0 Å². The fourth-order valence-corrected chi connectivity index (χ4v) is 1.79. The second kappa shape index (κ2) is 5.36.